The van der Waals surface area contributed by atoms with E-state index < -0.39 is 35.2 Å². The van der Waals surface area contributed by atoms with E-state index >= 15 is 17.6 Å². The summed E-state index contributed by atoms with van der Waals surface area (Å²) in [7, 11) is 3.19. The molecule has 2 fully saturated rings. The Bertz CT molecular complexity index is 4120. The number of rotatable bonds is 20. The van der Waals surface area contributed by atoms with Gasteiger partial charge in [0.15, 0.2) is 0 Å². The third-order valence-corrected chi connectivity index (χ3v) is 15.7. The van der Waals surface area contributed by atoms with Crippen molar-refractivity contribution in [3.05, 3.63) is 225 Å². The molecule has 2 N–H and O–H groups in total. The molecule has 0 saturated carbocycles. The fourth-order valence-electron chi connectivity index (χ4n) is 11.2. The van der Waals surface area contributed by atoms with Crippen LogP contribution in [0.3, 0.4) is 0 Å². The minimum absolute atomic E-state index is 0.0240. The van der Waals surface area contributed by atoms with Crippen molar-refractivity contribution in [2.75, 3.05) is 53.9 Å². The molecule has 4 atom stereocenters. The molecule has 2 aliphatic heterocycles. The van der Waals surface area contributed by atoms with Crippen LogP contribution in [0, 0.1) is 57.8 Å². The molecule has 0 unspecified atom stereocenters. The molecule has 0 radical (unpaired) electrons. The quantitative estimate of drug-likeness (QED) is 0.0674. The maximum absolute atomic E-state index is 15.7. The summed E-state index contributed by atoms with van der Waals surface area (Å²) in [6.07, 6.45) is -0.0883. The van der Waals surface area contributed by atoms with Gasteiger partial charge in [-0.3, -0.25) is 0 Å². The van der Waals surface area contributed by atoms with E-state index in [1.165, 1.54) is 12.1 Å². The van der Waals surface area contributed by atoms with Gasteiger partial charge in [0.1, 0.15) is 48.1 Å². The summed E-state index contributed by atoms with van der Waals surface area (Å²) >= 11 is 0. The molecule has 0 amide bonds. The lowest BCUT2D eigenvalue weighted by Crippen LogP contribution is -2.23. The molecule has 0 spiro atoms. The number of hydrogen-bond acceptors (Lipinski definition) is 14. The van der Waals surface area contributed by atoms with E-state index in [-0.39, 0.29) is 107 Å². The Balaban J connectivity index is 0.000000185. The first-order chi connectivity index (χ1) is 43.7. The number of methoxy groups -OCH3 is 2. The van der Waals surface area contributed by atoms with Crippen molar-refractivity contribution >= 4 is 34.0 Å². The highest BCUT2D eigenvalue weighted by atomic mass is 19.1. The SMILES string of the molecule is COC[C@H]1COC[C@H]1n1c(Cc2cc(F)c(-c3cccc(OCc4ccc(C#N)cc4)n3)cc2F)nc2ccc(C(=O)O)cc21.COC[C@H]1COC[C@H]1n1c(Cc2cc(F)c(-c3cccc(OCc4ccc(C#N)cc4)n3)cc2F)nc2ccc(C(=O)O)cc21. The monoisotopic (exact) mass is 1220 g/mol. The van der Waals surface area contributed by atoms with Crippen LogP contribution in [0.25, 0.3) is 44.6 Å². The number of nitriles is 2. The highest BCUT2D eigenvalue weighted by Gasteiger charge is 2.35. The summed E-state index contributed by atoms with van der Waals surface area (Å²) in [5.74, 6) is -3.48. The fourth-order valence-corrected chi connectivity index (χ4v) is 11.2. The van der Waals surface area contributed by atoms with Crippen LogP contribution in [0.15, 0.2) is 146 Å². The second kappa shape index (κ2) is 27.4. The number of pyridine rings is 2. The van der Waals surface area contributed by atoms with Gasteiger partial charge in [0.2, 0.25) is 11.8 Å². The summed E-state index contributed by atoms with van der Waals surface area (Å²) < 4.78 is 100. The largest absolute Gasteiger partial charge is 0.478 e. The maximum Gasteiger partial charge on any atom is 0.335 e. The molecule has 0 aliphatic carbocycles. The van der Waals surface area contributed by atoms with Crippen molar-refractivity contribution in [2.24, 2.45) is 11.8 Å². The highest BCUT2D eigenvalue weighted by molar-refractivity contribution is 5.93. The van der Waals surface area contributed by atoms with Crippen molar-refractivity contribution in [1.29, 1.82) is 10.5 Å². The fraction of sp³-hybridized carbons (Fsp3) is 0.235. The van der Waals surface area contributed by atoms with Gasteiger partial charge >= 0.3 is 11.9 Å². The number of aromatic carboxylic acids is 2. The Hall–Kier alpha value is -10.4. The Morgan fingerprint density at radius 3 is 1.32 bits per heavy atom. The summed E-state index contributed by atoms with van der Waals surface area (Å²) in [5, 5.41) is 37.1. The number of ether oxygens (including phenoxy) is 6. The van der Waals surface area contributed by atoms with Crippen molar-refractivity contribution in [1.82, 2.24) is 29.1 Å². The summed E-state index contributed by atoms with van der Waals surface area (Å²) in [5.41, 5.74) is 5.65. The van der Waals surface area contributed by atoms with Gasteiger partial charge in [-0.15, -0.1) is 0 Å². The number of hydrogen-bond donors (Lipinski definition) is 2. The van der Waals surface area contributed by atoms with Gasteiger partial charge in [-0.05, 0) is 119 Å². The molecule has 4 aromatic heterocycles. The maximum atomic E-state index is 15.7. The molecule has 12 rings (SSSR count). The summed E-state index contributed by atoms with van der Waals surface area (Å²) in [4.78, 5) is 41.6. The molecule has 18 nitrogen and oxygen atoms in total. The Kier molecular flexibility index (Phi) is 18.6. The average Bonchev–Trinajstić information content (AvgIpc) is 1.69. The minimum Gasteiger partial charge on any atom is -0.478 e. The average molecular weight is 1220 g/mol. The molecule has 2 saturated heterocycles. The van der Waals surface area contributed by atoms with E-state index in [0.717, 1.165) is 35.4 Å². The van der Waals surface area contributed by atoms with E-state index in [0.29, 0.717) is 84.5 Å². The molecule has 22 heteroatoms. The van der Waals surface area contributed by atoms with Crippen LogP contribution in [-0.2, 0) is 45.0 Å². The van der Waals surface area contributed by atoms with Crippen molar-refractivity contribution in [3.8, 4) is 46.4 Å². The zero-order chi connectivity index (χ0) is 63.0. The predicted molar refractivity (Wildman–Crippen MR) is 320 cm³/mol. The predicted octanol–water partition coefficient (Wildman–Crippen LogP) is 11.9. The second-order valence-corrected chi connectivity index (χ2v) is 21.6. The van der Waals surface area contributed by atoms with Crippen LogP contribution < -0.4 is 9.47 Å². The first-order valence-electron chi connectivity index (χ1n) is 28.4. The zero-order valence-corrected chi connectivity index (χ0v) is 48.5. The third kappa shape index (κ3) is 13.5. The molecule has 2 aliphatic rings. The molecule has 456 valence electrons. The van der Waals surface area contributed by atoms with E-state index in [9.17, 15) is 19.8 Å². The highest BCUT2D eigenvalue weighted by Crippen LogP contribution is 2.37. The van der Waals surface area contributed by atoms with Crippen LogP contribution in [0.1, 0.15) is 77.8 Å². The van der Waals surface area contributed by atoms with Gasteiger partial charge in [-0.2, -0.15) is 10.5 Å². The van der Waals surface area contributed by atoms with Crippen molar-refractivity contribution in [3.63, 3.8) is 0 Å². The Labute approximate surface area is 512 Å². The lowest BCUT2D eigenvalue weighted by atomic mass is 10.0. The van der Waals surface area contributed by atoms with Crippen molar-refractivity contribution < 1.29 is 65.8 Å². The van der Waals surface area contributed by atoms with Gasteiger partial charge in [-0.25, -0.2) is 47.1 Å². The molecular formula is C68H56F4N8O10. The topological polar surface area (TPSA) is 239 Å². The van der Waals surface area contributed by atoms with Crippen LogP contribution in [0.2, 0.25) is 0 Å². The van der Waals surface area contributed by atoms with Gasteiger partial charge < -0.3 is 47.8 Å². The van der Waals surface area contributed by atoms with Gasteiger partial charge in [0, 0.05) is 62.2 Å². The Morgan fingerprint density at radius 2 is 0.944 bits per heavy atom. The number of nitrogens with zero attached hydrogens (tertiary/aromatic N) is 8. The summed E-state index contributed by atoms with van der Waals surface area (Å²) in [6.45, 7) is 2.75. The van der Waals surface area contributed by atoms with Crippen molar-refractivity contribution in [2.45, 2.75) is 38.1 Å². The normalized spacial score (nSPS) is 16.1. The first kappa shape index (κ1) is 61.3. The summed E-state index contributed by atoms with van der Waals surface area (Å²) in [6, 6.07) is 40.9. The number of carbonyl (C=O) groups is 2. The standard InChI is InChI=1S/2C34H28F2N4O5/c2*1-43-17-24-18-44-19-31(24)40-30-12-22(34(41)42)9-10-29(30)38-32(40)13-23-11-27(36)25(14-26(23)35)28-3-2-4-33(39-28)45-16-21-7-5-20(15-37)6-8-21/h2*2-12,14,24,31H,13,16-19H2,1H3,(H,41,42)/t2*24-,31+/m00/s1. The first-order valence-corrected chi connectivity index (χ1v) is 28.4. The van der Waals surface area contributed by atoms with E-state index in [1.54, 1.807) is 123 Å². The van der Waals surface area contributed by atoms with Crippen LogP contribution in [0.4, 0.5) is 17.6 Å². The number of halogens is 4. The molecule has 6 aromatic carbocycles. The lowest BCUT2D eigenvalue weighted by molar-refractivity contribution is 0.0686. The molecule has 90 heavy (non-hydrogen) atoms. The second-order valence-electron chi connectivity index (χ2n) is 21.6. The van der Waals surface area contributed by atoms with E-state index in [2.05, 4.69) is 22.1 Å². The van der Waals surface area contributed by atoms with E-state index in [1.807, 2.05) is 9.13 Å². The number of carboxylic acids is 2. The number of fused-ring (bicyclic) bond motifs is 2. The van der Waals surface area contributed by atoms with Gasteiger partial charge in [0.05, 0.1) is 120 Å². The minimum atomic E-state index is -1.08. The molecule has 0 bridgehead atoms. The van der Waals surface area contributed by atoms with Crippen LogP contribution in [-0.4, -0.2) is 105 Å². The number of aromatic nitrogens is 6. The molecule has 6 heterocycles. The van der Waals surface area contributed by atoms with Gasteiger partial charge in [-0.1, -0.05) is 36.4 Å². The van der Waals surface area contributed by atoms with Gasteiger partial charge in [0.25, 0.3) is 0 Å². The number of carboxylic acid groups (broad SMARTS) is 2. The third-order valence-electron chi connectivity index (χ3n) is 15.7. The lowest BCUT2D eigenvalue weighted by Gasteiger charge is -2.22. The molecule has 10 aromatic rings. The smallest absolute Gasteiger partial charge is 0.335 e. The number of benzene rings is 6. The zero-order valence-electron chi connectivity index (χ0n) is 48.5. The number of imidazole rings is 2. The van der Waals surface area contributed by atoms with Crippen LogP contribution >= 0.6 is 0 Å². The molecular weight excluding hydrogens is 1160 g/mol. The van der Waals surface area contributed by atoms with Crippen LogP contribution in [0.5, 0.6) is 11.8 Å². The van der Waals surface area contributed by atoms with E-state index in [4.69, 9.17) is 48.9 Å². The Morgan fingerprint density at radius 1 is 0.533 bits per heavy atom.